The first kappa shape index (κ1) is 19.8. The maximum atomic E-state index is 9.89. The van der Waals surface area contributed by atoms with Crippen molar-refractivity contribution in [3.05, 3.63) is 41.9 Å². The van der Waals surface area contributed by atoms with Crippen molar-refractivity contribution < 1.29 is 9.84 Å². The van der Waals surface area contributed by atoms with E-state index in [4.69, 9.17) is 16.3 Å². The number of benzene rings is 1. The Labute approximate surface area is 181 Å². The van der Waals surface area contributed by atoms with E-state index in [0.717, 1.165) is 79.6 Å². The number of halogens is 1. The maximum Gasteiger partial charge on any atom is 0.224 e. The molecule has 30 heavy (non-hydrogen) atoms. The quantitative estimate of drug-likeness (QED) is 0.585. The minimum absolute atomic E-state index is 0.184. The summed E-state index contributed by atoms with van der Waals surface area (Å²) in [5.74, 6) is 0. The van der Waals surface area contributed by atoms with Gasteiger partial charge in [-0.3, -0.25) is 0 Å². The second kappa shape index (κ2) is 8.53. The average molecular weight is 427 g/mol. The zero-order chi connectivity index (χ0) is 20.5. The monoisotopic (exact) mass is 426 g/mol. The van der Waals surface area contributed by atoms with E-state index < -0.39 is 0 Å². The fraction of sp³-hybridized carbons (Fsp3) is 0.478. The molecule has 0 amide bonds. The zero-order valence-electron chi connectivity index (χ0n) is 16.9. The number of hydrogen-bond donors (Lipinski definition) is 2. The first-order valence-corrected chi connectivity index (χ1v) is 11.2. The van der Waals surface area contributed by atoms with Gasteiger partial charge in [-0.2, -0.15) is 4.98 Å². The molecular formula is C23H27ClN4O2. The summed E-state index contributed by atoms with van der Waals surface area (Å²) in [6, 6.07) is 9.39. The van der Waals surface area contributed by atoms with Gasteiger partial charge in [-0.25, -0.2) is 4.98 Å². The molecule has 0 spiro atoms. The van der Waals surface area contributed by atoms with Crippen LogP contribution in [0.4, 0.5) is 5.69 Å². The fourth-order valence-electron chi connectivity index (χ4n) is 4.68. The van der Waals surface area contributed by atoms with Crippen molar-refractivity contribution in [1.82, 2.24) is 14.5 Å². The van der Waals surface area contributed by atoms with Crippen molar-refractivity contribution in [1.29, 1.82) is 0 Å². The summed E-state index contributed by atoms with van der Waals surface area (Å²) in [7, 11) is 0. The van der Waals surface area contributed by atoms with E-state index in [1.54, 1.807) is 0 Å². The molecule has 1 saturated carbocycles. The van der Waals surface area contributed by atoms with Gasteiger partial charge >= 0.3 is 0 Å². The molecule has 2 N–H and O–H groups in total. The molecule has 0 radical (unpaired) electrons. The van der Waals surface area contributed by atoms with Crippen molar-refractivity contribution in [2.75, 3.05) is 18.5 Å². The lowest BCUT2D eigenvalue weighted by atomic mass is 9.93. The number of aliphatic hydroxyl groups excluding tert-OH is 1. The first-order chi connectivity index (χ1) is 14.7. The minimum Gasteiger partial charge on any atom is -0.393 e. The molecule has 2 fully saturated rings. The van der Waals surface area contributed by atoms with Crippen molar-refractivity contribution in [3.63, 3.8) is 0 Å². The smallest absolute Gasteiger partial charge is 0.224 e. The summed E-state index contributed by atoms with van der Waals surface area (Å²) in [6.07, 6.45) is 9.45. The predicted octanol–water partition coefficient (Wildman–Crippen LogP) is 4.82. The van der Waals surface area contributed by atoms with E-state index in [1.807, 2.05) is 6.20 Å². The van der Waals surface area contributed by atoms with Gasteiger partial charge in [-0.1, -0.05) is 12.1 Å². The Balaban J connectivity index is 1.45. The highest BCUT2D eigenvalue weighted by Crippen LogP contribution is 2.37. The summed E-state index contributed by atoms with van der Waals surface area (Å²) < 4.78 is 7.68. The van der Waals surface area contributed by atoms with Crippen molar-refractivity contribution in [2.24, 2.45) is 0 Å². The predicted molar refractivity (Wildman–Crippen MR) is 119 cm³/mol. The van der Waals surface area contributed by atoms with Gasteiger partial charge in [0.1, 0.15) is 5.65 Å². The van der Waals surface area contributed by atoms with Gasteiger partial charge in [0.2, 0.25) is 5.28 Å². The molecule has 0 bridgehead atoms. The molecule has 3 heterocycles. The molecule has 0 atom stereocenters. The largest absolute Gasteiger partial charge is 0.393 e. The molecule has 7 heteroatoms. The number of nitrogens with zero attached hydrogens (tertiary/aromatic N) is 3. The second-order valence-corrected chi connectivity index (χ2v) is 8.74. The van der Waals surface area contributed by atoms with Crippen LogP contribution in [0.5, 0.6) is 0 Å². The molecule has 0 unspecified atom stereocenters. The first-order valence-electron chi connectivity index (χ1n) is 10.8. The van der Waals surface area contributed by atoms with Gasteiger partial charge < -0.3 is 19.7 Å². The summed E-state index contributed by atoms with van der Waals surface area (Å²) >= 11 is 6.13. The molecule has 3 aromatic rings. The molecule has 6 nitrogen and oxygen atoms in total. The Hall–Kier alpha value is -2.15. The van der Waals surface area contributed by atoms with Gasteiger partial charge in [-0.05, 0) is 67.8 Å². The van der Waals surface area contributed by atoms with Crippen molar-refractivity contribution in [3.8, 4) is 11.1 Å². The number of aromatic nitrogens is 3. The topological polar surface area (TPSA) is 72.2 Å². The van der Waals surface area contributed by atoms with Crippen LogP contribution in [0.2, 0.25) is 5.28 Å². The number of fused-ring (bicyclic) bond motifs is 1. The third-order valence-electron chi connectivity index (χ3n) is 6.39. The van der Waals surface area contributed by atoms with Gasteiger partial charge in [0.25, 0.3) is 0 Å². The minimum atomic E-state index is -0.184. The van der Waals surface area contributed by atoms with Gasteiger partial charge in [0, 0.05) is 54.3 Å². The zero-order valence-corrected chi connectivity index (χ0v) is 17.7. The molecule has 1 aliphatic heterocycles. The molecule has 5 rings (SSSR count). The van der Waals surface area contributed by atoms with Crippen LogP contribution < -0.4 is 5.32 Å². The highest BCUT2D eigenvalue weighted by molar-refractivity contribution is 6.28. The highest BCUT2D eigenvalue weighted by Gasteiger charge is 2.24. The number of nitrogens with one attached hydrogen (secondary N) is 1. The summed E-state index contributed by atoms with van der Waals surface area (Å²) in [4.78, 5) is 8.78. The van der Waals surface area contributed by atoms with Crippen LogP contribution in [-0.2, 0) is 4.74 Å². The number of anilines is 1. The van der Waals surface area contributed by atoms with Crippen LogP contribution in [0.15, 0.2) is 36.7 Å². The van der Waals surface area contributed by atoms with Crippen LogP contribution in [-0.4, -0.2) is 45.0 Å². The Kier molecular flexibility index (Phi) is 5.63. The normalized spacial score (nSPS) is 23.0. The van der Waals surface area contributed by atoms with Crippen LogP contribution in [0.1, 0.15) is 44.6 Å². The third kappa shape index (κ3) is 4.04. The Morgan fingerprint density at radius 2 is 1.77 bits per heavy atom. The van der Waals surface area contributed by atoms with Gasteiger partial charge in [-0.15, -0.1) is 0 Å². The third-order valence-corrected chi connectivity index (χ3v) is 6.57. The van der Waals surface area contributed by atoms with Crippen LogP contribution >= 0.6 is 11.6 Å². The lowest BCUT2D eigenvalue weighted by Gasteiger charge is -2.27. The van der Waals surface area contributed by atoms with Gasteiger partial charge in [0.15, 0.2) is 0 Å². The Morgan fingerprint density at radius 1 is 1.03 bits per heavy atom. The molecule has 1 saturated heterocycles. The Bertz CT molecular complexity index is 1010. The molecule has 158 valence electrons. The van der Waals surface area contributed by atoms with Crippen molar-refractivity contribution >= 4 is 28.3 Å². The average Bonchev–Trinajstić information content (AvgIpc) is 3.14. The van der Waals surface area contributed by atoms with Crippen LogP contribution in [0, 0.1) is 0 Å². The lowest BCUT2D eigenvalue weighted by molar-refractivity contribution is 0.0904. The van der Waals surface area contributed by atoms with E-state index in [-0.39, 0.29) is 11.4 Å². The fourth-order valence-corrected chi connectivity index (χ4v) is 4.81. The van der Waals surface area contributed by atoms with E-state index in [2.05, 4.69) is 50.3 Å². The molecule has 2 aliphatic rings. The van der Waals surface area contributed by atoms with E-state index >= 15 is 0 Å². The number of ether oxygens (including phenoxy) is 1. The summed E-state index contributed by atoms with van der Waals surface area (Å²) in [6.45, 7) is 1.66. The SMILES string of the molecule is O[C@H]1CC[C@H](n2cc(-c3ccc(NC4CCOCC4)cc3)c3cnc(Cl)nc32)CC1. The lowest BCUT2D eigenvalue weighted by Crippen LogP contribution is -2.27. The van der Waals surface area contributed by atoms with Crippen LogP contribution in [0.3, 0.4) is 0 Å². The second-order valence-electron chi connectivity index (χ2n) is 8.40. The molecule has 1 aromatic carbocycles. The Morgan fingerprint density at radius 3 is 2.50 bits per heavy atom. The summed E-state index contributed by atoms with van der Waals surface area (Å²) in [5.41, 5.74) is 4.26. The van der Waals surface area contributed by atoms with E-state index in [0.29, 0.717) is 12.1 Å². The van der Waals surface area contributed by atoms with E-state index in [9.17, 15) is 5.11 Å². The van der Waals surface area contributed by atoms with Gasteiger partial charge in [0.05, 0.1) is 6.10 Å². The standard InChI is InChI=1S/C23H27ClN4O2/c24-23-25-13-20-21(14-28(22(20)27-23)18-5-7-19(29)8-6-18)15-1-3-16(4-2-15)26-17-9-11-30-12-10-17/h1-4,13-14,17-19,26,29H,5-12H2/t18-,19-. The van der Waals surface area contributed by atoms with Crippen LogP contribution in [0.25, 0.3) is 22.2 Å². The number of aliphatic hydroxyl groups is 1. The number of rotatable bonds is 4. The summed E-state index contributed by atoms with van der Waals surface area (Å²) in [5, 5.41) is 14.8. The maximum absolute atomic E-state index is 9.89. The molecular weight excluding hydrogens is 400 g/mol. The van der Waals surface area contributed by atoms with Crippen molar-refractivity contribution in [2.45, 2.75) is 56.7 Å². The van der Waals surface area contributed by atoms with E-state index in [1.165, 1.54) is 0 Å². The highest BCUT2D eigenvalue weighted by atomic mass is 35.5. The molecule has 1 aliphatic carbocycles. The molecule has 2 aromatic heterocycles. The number of hydrogen-bond acceptors (Lipinski definition) is 5.